The minimum absolute atomic E-state index is 0.241. The lowest BCUT2D eigenvalue weighted by molar-refractivity contribution is 0.0122. The van der Waals surface area contributed by atoms with Crippen LogP contribution >= 0.6 is 11.6 Å². The second-order valence-electron chi connectivity index (χ2n) is 6.52. The first-order valence-electron chi connectivity index (χ1n) is 8.05. The van der Waals surface area contributed by atoms with Crippen molar-refractivity contribution in [1.82, 2.24) is 5.32 Å². The lowest BCUT2D eigenvalue weighted by atomic mass is 9.48. The Balaban J connectivity index is 2.13. The summed E-state index contributed by atoms with van der Waals surface area (Å²) in [6, 6.07) is 8.42. The third kappa shape index (κ3) is 3.61. The van der Waals surface area contributed by atoms with Crippen molar-refractivity contribution in [2.24, 2.45) is 5.41 Å². The Morgan fingerprint density at radius 1 is 1.24 bits per heavy atom. The summed E-state index contributed by atoms with van der Waals surface area (Å²) in [6.07, 6.45) is 5.05. The van der Waals surface area contributed by atoms with Gasteiger partial charge in [0.2, 0.25) is 0 Å². The lowest BCUT2D eigenvalue weighted by Gasteiger charge is -2.57. The van der Waals surface area contributed by atoms with Crippen LogP contribution in [0.25, 0.3) is 0 Å². The van der Waals surface area contributed by atoms with Crippen LogP contribution in [-0.4, -0.2) is 26.8 Å². The van der Waals surface area contributed by atoms with E-state index in [1.54, 1.807) is 7.11 Å². The van der Waals surface area contributed by atoms with Crippen molar-refractivity contribution < 1.29 is 4.74 Å². The molecular formula is C18H28ClNO. The molecule has 1 saturated carbocycles. The zero-order valence-corrected chi connectivity index (χ0v) is 14.3. The van der Waals surface area contributed by atoms with Crippen LogP contribution in [-0.2, 0) is 10.2 Å². The summed E-state index contributed by atoms with van der Waals surface area (Å²) in [7, 11) is 1.75. The van der Waals surface area contributed by atoms with Crippen LogP contribution in [0.4, 0.5) is 0 Å². The van der Waals surface area contributed by atoms with E-state index in [4.69, 9.17) is 16.3 Å². The number of halogens is 1. The van der Waals surface area contributed by atoms with Crippen LogP contribution < -0.4 is 5.32 Å². The average molecular weight is 310 g/mol. The van der Waals surface area contributed by atoms with Crippen molar-refractivity contribution in [3.63, 3.8) is 0 Å². The molecule has 0 spiro atoms. The normalized spacial score (nSPS) is 19.2. The number of benzene rings is 1. The second-order valence-corrected chi connectivity index (χ2v) is 6.96. The smallest absolute Gasteiger partial charge is 0.0587 e. The molecule has 0 aliphatic heterocycles. The lowest BCUT2D eigenvalue weighted by Crippen LogP contribution is -2.54. The number of hydrogen-bond acceptors (Lipinski definition) is 2. The molecule has 0 bridgehead atoms. The van der Waals surface area contributed by atoms with Gasteiger partial charge in [-0.15, -0.1) is 0 Å². The molecule has 21 heavy (non-hydrogen) atoms. The van der Waals surface area contributed by atoms with Crippen molar-refractivity contribution in [3.05, 3.63) is 34.9 Å². The molecule has 1 aromatic rings. The van der Waals surface area contributed by atoms with Gasteiger partial charge in [0.25, 0.3) is 0 Å². The molecule has 3 heteroatoms. The predicted molar refractivity (Wildman–Crippen MR) is 90.1 cm³/mol. The maximum absolute atomic E-state index is 6.21. The molecule has 2 rings (SSSR count). The van der Waals surface area contributed by atoms with Crippen LogP contribution in [0.15, 0.2) is 24.3 Å². The minimum atomic E-state index is 0.241. The minimum Gasteiger partial charge on any atom is -0.383 e. The Morgan fingerprint density at radius 2 is 1.95 bits per heavy atom. The van der Waals surface area contributed by atoms with Crippen molar-refractivity contribution in [2.45, 2.75) is 44.9 Å². The van der Waals surface area contributed by atoms with Crippen LogP contribution in [0, 0.1) is 5.41 Å². The highest BCUT2D eigenvalue weighted by atomic mass is 35.5. The van der Waals surface area contributed by atoms with Gasteiger partial charge in [0.05, 0.1) is 6.61 Å². The molecule has 0 radical (unpaired) electrons. The third-order valence-electron chi connectivity index (χ3n) is 5.31. The largest absolute Gasteiger partial charge is 0.383 e. The van der Waals surface area contributed by atoms with E-state index in [2.05, 4.69) is 37.4 Å². The van der Waals surface area contributed by atoms with Gasteiger partial charge in [-0.05, 0) is 36.0 Å². The van der Waals surface area contributed by atoms with Gasteiger partial charge in [-0.1, -0.05) is 50.4 Å². The maximum atomic E-state index is 6.21. The average Bonchev–Trinajstić information content (AvgIpc) is 2.46. The molecule has 0 heterocycles. The number of rotatable bonds is 8. The molecule has 0 atom stereocenters. The topological polar surface area (TPSA) is 21.3 Å². The highest BCUT2D eigenvalue weighted by Crippen LogP contribution is 2.59. The SMILES string of the molecule is CCC1(CC)CC(CNCCOC)(c2cccc(Cl)c2)C1. The van der Waals surface area contributed by atoms with E-state index in [0.717, 1.165) is 24.7 Å². The monoisotopic (exact) mass is 309 g/mol. The van der Waals surface area contributed by atoms with Crippen LogP contribution in [0.1, 0.15) is 45.1 Å². The molecule has 1 aliphatic carbocycles. The summed E-state index contributed by atoms with van der Waals surface area (Å²) >= 11 is 6.21. The molecule has 0 unspecified atom stereocenters. The van der Waals surface area contributed by atoms with Gasteiger partial charge in [-0.25, -0.2) is 0 Å². The molecule has 0 amide bonds. The van der Waals surface area contributed by atoms with E-state index < -0.39 is 0 Å². The predicted octanol–water partition coefficient (Wildman–Crippen LogP) is 4.41. The van der Waals surface area contributed by atoms with Crippen LogP contribution in [0.3, 0.4) is 0 Å². The van der Waals surface area contributed by atoms with Gasteiger partial charge in [-0.2, -0.15) is 0 Å². The Hall–Kier alpha value is -0.570. The Morgan fingerprint density at radius 3 is 2.52 bits per heavy atom. The maximum Gasteiger partial charge on any atom is 0.0587 e. The van der Waals surface area contributed by atoms with Crippen LogP contribution in [0.5, 0.6) is 0 Å². The van der Waals surface area contributed by atoms with E-state index in [-0.39, 0.29) is 5.41 Å². The molecule has 1 N–H and O–H groups in total. The standard InChI is InChI=1S/C18H28ClNO/c1-4-17(5-2)12-18(13-17,14-20-9-10-21-3)15-7-6-8-16(19)11-15/h6-8,11,20H,4-5,9-10,12-14H2,1-3H3. The summed E-state index contributed by atoms with van der Waals surface area (Å²) < 4.78 is 5.13. The van der Waals surface area contributed by atoms with Gasteiger partial charge in [-0.3, -0.25) is 0 Å². The summed E-state index contributed by atoms with van der Waals surface area (Å²) in [4.78, 5) is 0. The number of nitrogens with one attached hydrogen (secondary N) is 1. The zero-order chi connectivity index (χ0) is 15.3. The summed E-state index contributed by atoms with van der Waals surface area (Å²) in [5.41, 5.74) is 2.15. The summed E-state index contributed by atoms with van der Waals surface area (Å²) in [5.74, 6) is 0. The zero-order valence-electron chi connectivity index (χ0n) is 13.5. The Bertz CT molecular complexity index is 448. The van der Waals surface area contributed by atoms with Gasteiger partial charge in [0, 0.05) is 30.6 Å². The third-order valence-corrected chi connectivity index (χ3v) is 5.55. The Kier molecular flexibility index (Phi) is 5.70. The van der Waals surface area contributed by atoms with E-state index >= 15 is 0 Å². The fourth-order valence-electron chi connectivity index (χ4n) is 3.89. The first-order chi connectivity index (χ1) is 10.1. The molecule has 1 aliphatic rings. The molecule has 2 nitrogen and oxygen atoms in total. The van der Waals surface area contributed by atoms with Gasteiger partial charge < -0.3 is 10.1 Å². The highest BCUT2D eigenvalue weighted by molar-refractivity contribution is 6.30. The van der Waals surface area contributed by atoms with Crippen LogP contribution in [0.2, 0.25) is 5.02 Å². The van der Waals surface area contributed by atoms with Crippen molar-refractivity contribution in [2.75, 3.05) is 26.8 Å². The van der Waals surface area contributed by atoms with Crippen molar-refractivity contribution in [3.8, 4) is 0 Å². The summed E-state index contributed by atoms with van der Waals surface area (Å²) in [5, 5.41) is 4.41. The fraction of sp³-hybridized carbons (Fsp3) is 0.667. The van der Waals surface area contributed by atoms with E-state index in [1.165, 1.54) is 31.2 Å². The van der Waals surface area contributed by atoms with Crippen molar-refractivity contribution >= 4 is 11.6 Å². The molecular weight excluding hydrogens is 282 g/mol. The van der Waals surface area contributed by atoms with E-state index in [9.17, 15) is 0 Å². The number of methoxy groups -OCH3 is 1. The van der Waals surface area contributed by atoms with E-state index in [0.29, 0.717) is 5.41 Å². The highest BCUT2D eigenvalue weighted by Gasteiger charge is 2.52. The molecule has 118 valence electrons. The van der Waals surface area contributed by atoms with E-state index in [1.807, 2.05) is 6.07 Å². The molecule has 0 saturated heterocycles. The van der Waals surface area contributed by atoms with Gasteiger partial charge >= 0.3 is 0 Å². The van der Waals surface area contributed by atoms with Crippen molar-refractivity contribution in [1.29, 1.82) is 0 Å². The first kappa shape index (κ1) is 16.8. The summed E-state index contributed by atoms with van der Waals surface area (Å²) in [6.45, 7) is 7.33. The molecule has 0 aromatic heterocycles. The molecule has 1 aromatic carbocycles. The Labute approximate surface area is 134 Å². The van der Waals surface area contributed by atoms with Gasteiger partial charge in [0.15, 0.2) is 0 Å². The first-order valence-corrected chi connectivity index (χ1v) is 8.43. The fourth-order valence-corrected chi connectivity index (χ4v) is 4.08. The quantitative estimate of drug-likeness (QED) is 0.718. The second kappa shape index (κ2) is 7.13. The number of hydrogen-bond donors (Lipinski definition) is 1. The molecule has 1 fully saturated rings. The number of ether oxygens (including phenoxy) is 1. The van der Waals surface area contributed by atoms with Gasteiger partial charge in [0.1, 0.15) is 0 Å².